The predicted molar refractivity (Wildman–Crippen MR) is 100 cm³/mol. The van der Waals surface area contributed by atoms with Gasteiger partial charge in [0.05, 0.1) is 6.54 Å². The van der Waals surface area contributed by atoms with Crippen molar-refractivity contribution in [3.05, 3.63) is 57.8 Å². The number of hydrogen-bond acceptors (Lipinski definition) is 3. The van der Waals surface area contributed by atoms with Crippen LogP contribution in [0, 0.1) is 18.8 Å². The van der Waals surface area contributed by atoms with Crippen molar-refractivity contribution in [2.45, 2.75) is 26.8 Å². The van der Waals surface area contributed by atoms with Crippen LogP contribution in [0.2, 0.25) is 0 Å². The molecule has 0 saturated carbocycles. The zero-order valence-electron chi connectivity index (χ0n) is 14.5. The van der Waals surface area contributed by atoms with E-state index in [1.807, 2.05) is 6.07 Å². The molecule has 2 aromatic rings. The zero-order valence-corrected chi connectivity index (χ0v) is 15.3. The molecular formula is C20H26N2OS. The van der Waals surface area contributed by atoms with Gasteiger partial charge in [-0.3, -0.25) is 4.79 Å². The van der Waals surface area contributed by atoms with Gasteiger partial charge in [0, 0.05) is 22.2 Å². The lowest BCUT2D eigenvalue weighted by molar-refractivity contribution is -0.138. The second-order valence-electron chi connectivity index (χ2n) is 6.71. The highest BCUT2D eigenvalue weighted by Crippen LogP contribution is 2.22. The van der Waals surface area contributed by atoms with Gasteiger partial charge >= 0.3 is 0 Å². The van der Waals surface area contributed by atoms with Crippen LogP contribution in [0.25, 0.3) is 0 Å². The van der Waals surface area contributed by atoms with Crippen LogP contribution in [-0.2, 0) is 17.8 Å². The van der Waals surface area contributed by atoms with Crippen molar-refractivity contribution in [1.29, 1.82) is 0 Å². The number of nitrogens with zero attached hydrogens (tertiary/aromatic N) is 1. The van der Waals surface area contributed by atoms with Crippen molar-refractivity contribution in [2.75, 3.05) is 19.6 Å². The monoisotopic (exact) mass is 342 g/mol. The Morgan fingerprint density at radius 1 is 1.25 bits per heavy atom. The van der Waals surface area contributed by atoms with Crippen LogP contribution < -0.4 is 5.32 Å². The summed E-state index contributed by atoms with van der Waals surface area (Å²) in [6, 6.07) is 14.7. The summed E-state index contributed by atoms with van der Waals surface area (Å²) in [7, 11) is 0. The largest absolute Gasteiger partial charge is 0.337 e. The van der Waals surface area contributed by atoms with E-state index in [2.05, 4.69) is 60.5 Å². The highest BCUT2D eigenvalue weighted by molar-refractivity contribution is 7.11. The van der Waals surface area contributed by atoms with Gasteiger partial charge < -0.3 is 10.2 Å². The van der Waals surface area contributed by atoms with E-state index < -0.39 is 0 Å². The summed E-state index contributed by atoms with van der Waals surface area (Å²) in [6.45, 7) is 7.66. The fourth-order valence-electron chi connectivity index (χ4n) is 3.09. The van der Waals surface area contributed by atoms with Gasteiger partial charge in [0.1, 0.15) is 0 Å². The molecule has 4 heteroatoms. The predicted octanol–water partition coefficient (Wildman–Crippen LogP) is 3.48. The normalized spacial score (nSPS) is 15.8. The third kappa shape index (κ3) is 4.25. The highest BCUT2D eigenvalue weighted by Gasteiger charge is 2.31. The van der Waals surface area contributed by atoms with E-state index >= 15 is 0 Å². The Kier molecular flexibility index (Phi) is 5.69. The molecule has 1 atom stereocenters. The first-order valence-electron chi connectivity index (χ1n) is 8.72. The van der Waals surface area contributed by atoms with Gasteiger partial charge in [-0.25, -0.2) is 0 Å². The number of hydrogen-bond donors (Lipinski definition) is 1. The second kappa shape index (κ2) is 7.95. The van der Waals surface area contributed by atoms with Crippen LogP contribution in [0.15, 0.2) is 42.5 Å². The topological polar surface area (TPSA) is 32.3 Å². The maximum absolute atomic E-state index is 13.0. The van der Waals surface area contributed by atoms with E-state index in [9.17, 15) is 4.79 Å². The molecule has 3 nitrogen and oxygen atoms in total. The first kappa shape index (κ1) is 17.2. The Morgan fingerprint density at radius 2 is 2.00 bits per heavy atom. The van der Waals surface area contributed by atoms with E-state index in [0.29, 0.717) is 11.8 Å². The van der Waals surface area contributed by atoms with Crippen LogP contribution in [-0.4, -0.2) is 30.4 Å². The Hall–Kier alpha value is -1.65. The summed E-state index contributed by atoms with van der Waals surface area (Å²) in [5.41, 5.74) is 1.29. The Balaban J connectivity index is 1.68. The maximum Gasteiger partial charge on any atom is 0.226 e. The molecule has 1 fully saturated rings. The molecule has 0 aliphatic carbocycles. The molecular weight excluding hydrogens is 316 g/mol. The fraction of sp³-hybridized carbons (Fsp3) is 0.450. The lowest BCUT2D eigenvalue weighted by atomic mass is 9.88. The first-order chi connectivity index (χ1) is 11.6. The van der Waals surface area contributed by atoms with Crippen LogP contribution >= 0.6 is 11.3 Å². The molecule has 1 unspecified atom stereocenters. The average molecular weight is 343 g/mol. The summed E-state index contributed by atoms with van der Waals surface area (Å²) in [5.74, 6) is 0.883. The minimum absolute atomic E-state index is 0.100. The maximum atomic E-state index is 13.0. The fourth-order valence-corrected chi connectivity index (χ4v) is 3.99. The van der Waals surface area contributed by atoms with Gasteiger partial charge in [-0.1, -0.05) is 37.3 Å². The summed E-state index contributed by atoms with van der Waals surface area (Å²) in [4.78, 5) is 17.6. The molecule has 128 valence electrons. The minimum Gasteiger partial charge on any atom is -0.337 e. The molecule has 1 aliphatic rings. The lowest BCUT2D eigenvalue weighted by Crippen LogP contribution is -2.50. The first-order valence-corrected chi connectivity index (χ1v) is 9.54. The molecule has 1 aliphatic heterocycles. The van der Waals surface area contributed by atoms with Crippen molar-refractivity contribution in [2.24, 2.45) is 11.8 Å². The van der Waals surface area contributed by atoms with Crippen molar-refractivity contribution in [3.8, 4) is 0 Å². The van der Waals surface area contributed by atoms with Gasteiger partial charge in [0.15, 0.2) is 0 Å². The number of carbonyl (C=O) groups is 1. The molecule has 0 bridgehead atoms. The molecule has 3 rings (SSSR count). The summed E-state index contributed by atoms with van der Waals surface area (Å²) in [6.07, 6.45) is 0.909. The quantitative estimate of drug-likeness (QED) is 0.835. The SMILES string of the molecule is Cc1ccc(CN(CCc2ccccc2)C(=O)C(C)C2CNC2)s1. The van der Waals surface area contributed by atoms with Crippen LogP contribution in [0.4, 0.5) is 0 Å². The van der Waals surface area contributed by atoms with E-state index in [1.165, 1.54) is 15.3 Å². The molecule has 1 aromatic heterocycles. The molecule has 1 aromatic carbocycles. The molecule has 1 amide bonds. The number of thiophene rings is 1. The van der Waals surface area contributed by atoms with Gasteiger partial charge in [-0.05, 0) is 50.0 Å². The summed E-state index contributed by atoms with van der Waals surface area (Å²) < 4.78 is 0. The van der Waals surface area contributed by atoms with Gasteiger partial charge in [-0.15, -0.1) is 11.3 Å². The smallest absolute Gasteiger partial charge is 0.226 e. The number of rotatable bonds is 7. The van der Waals surface area contributed by atoms with E-state index in [0.717, 1.165) is 32.6 Å². The van der Waals surface area contributed by atoms with Crippen molar-refractivity contribution < 1.29 is 4.79 Å². The standard InChI is InChI=1S/C20H26N2OS/c1-15-8-9-19(24-15)14-22(11-10-17-6-4-3-5-7-17)20(23)16(2)18-12-21-13-18/h3-9,16,18,21H,10-14H2,1-2H3. The third-order valence-electron chi connectivity index (χ3n) is 4.88. The summed E-state index contributed by atoms with van der Waals surface area (Å²) >= 11 is 1.79. The molecule has 1 N–H and O–H groups in total. The van der Waals surface area contributed by atoms with Gasteiger partial charge in [0.25, 0.3) is 0 Å². The Morgan fingerprint density at radius 3 is 2.58 bits per heavy atom. The molecule has 0 radical (unpaired) electrons. The number of nitrogens with one attached hydrogen (secondary N) is 1. The number of carbonyl (C=O) groups excluding carboxylic acids is 1. The average Bonchev–Trinajstić information content (AvgIpc) is 2.95. The van der Waals surface area contributed by atoms with Crippen LogP contribution in [0.1, 0.15) is 22.2 Å². The Bertz CT molecular complexity index is 663. The Labute approximate surface area is 148 Å². The van der Waals surface area contributed by atoms with E-state index in [1.54, 1.807) is 11.3 Å². The molecule has 1 saturated heterocycles. The molecule has 24 heavy (non-hydrogen) atoms. The summed E-state index contributed by atoms with van der Waals surface area (Å²) in [5, 5.41) is 3.28. The number of amides is 1. The number of benzene rings is 1. The van der Waals surface area contributed by atoms with E-state index in [4.69, 9.17) is 0 Å². The van der Waals surface area contributed by atoms with Crippen molar-refractivity contribution in [1.82, 2.24) is 10.2 Å². The van der Waals surface area contributed by atoms with Crippen molar-refractivity contribution in [3.63, 3.8) is 0 Å². The number of aryl methyl sites for hydroxylation is 1. The van der Waals surface area contributed by atoms with E-state index in [-0.39, 0.29) is 5.92 Å². The second-order valence-corrected chi connectivity index (χ2v) is 8.09. The lowest BCUT2D eigenvalue weighted by Gasteiger charge is -2.35. The highest BCUT2D eigenvalue weighted by atomic mass is 32.1. The molecule has 0 spiro atoms. The minimum atomic E-state index is 0.100. The van der Waals surface area contributed by atoms with Crippen LogP contribution in [0.5, 0.6) is 0 Å². The molecule has 2 heterocycles. The van der Waals surface area contributed by atoms with Crippen LogP contribution in [0.3, 0.4) is 0 Å². The third-order valence-corrected chi connectivity index (χ3v) is 5.86. The van der Waals surface area contributed by atoms with Gasteiger partial charge in [-0.2, -0.15) is 0 Å². The van der Waals surface area contributed by atoms with Gasteiger partial charge in [0.2, 0.25) is 5.91 Å². The zero-order chi connectivity index (χ0) is 16.9. The van der Waals surface area contributed by atoms with Crippen molar-refractivity contribution >= 4 is 17.2 Å².